The Hall–Kier alpha value is -1.78. The molecule has 1 saturated heterocycles. The summed E-state index contributed by atoms with van der Waals surface area (Å²) in [7, 11) is 0. The van der Waals surface area contributed by atoms with Crippen LogP contribution in [0.2, 0.25) is 0 Å². The molecule has 2 rings (SSSR count). The summed E-state index contributed by atoms with van der Waals surface area (Å²) in [4.78, 5) is 20.7. The topological polar surface area (TPSA) is 45.7 Å². The van der Waals surface area contributed by atoms with Gasteiger partial charge in [0.1, 0.15) is 11.4 Å². The van der Waals surface area contributed by atoms with Gasteiger partial charge in [0, 0.05) is 31.9 Å². The van der Waals surface area contributed by atoms with Gasteiger partial charge in [-0.2, -0.15) is 0 Å². The monoisotopic (exact) mass is 305 g/mol. The molecule has 0 N–H and O–H groups in total. The molecule has 2 heterocycles. The number of aromatic nitrogens is 1. The highest BCUT2D eigenvalue weighted by atomic mass is 16.6. The zero-order chi connectivity index (χ0) is 16.2. The first kappa shape index (κ1) is 16.6. The number of nitrogens with zero attached hydrogens (tertiary/aromatic N) is 3. The zero-order valence-corrected chi connectivity index (χ0v) is 14.1. The number of piperidine rings is 1. The van der Waals surface area contributed by atoms with Gasteiger partial charge in [-0.25, -0.2) is 9.78 Å². The largest absolute Gasteiger partial charge is 0.444 e. The second-order valence-electron chi connectivity index (χ2n) is 6.67. The van der Waals surface area contributed by atoms with Gasteiger partial charge in [-0.05, 0) is 52.7 Å². The van der Waals surface area contributed by atoms with Crippen molar-refractivity contribution in [3.8, 4) is 0 Å². The Morgan fingerprint density at radius 3 is 2.55 bits per heavy atom. The molecule has 0 saturated carbocycles. The molecule has 5 nitrogen and oxygen atoms in total. The van der Waals surface area contributed by atoms with E-state index in [0.717, 1.165) is 38.3 Å². The van der Waals surface area contributed by atoms with Crippen molar-refractivity contribution in [2.45, 2.75) is 52.2 Å². The van der Waals surface area contributed by atoms with Gasteiger partial charge in [-0.1, -0.05) is 6.07 Å². The molecule has 1 fully saturated rings. The molecular formula is C17H27N3O2. The molecule has 1 aromatic heterocycles. The first-order chi connectivity index (χ1) is 10.4. The highest BCUT2D eigenvalue weighted by molar-refractivity contribution is 5.68. The normalized spacial score (nSPS) is 16.5. The van der Waals surface area contributed by atoms with Crippen molar-refractivity contribution in [2.75, 3.05) is 24.5 Å². The van der Waals surface area contributed by atoms with Crippen molar-refractivity contribution in [2.24, 2.45) is 0 Å². The first-order valence-corrected chi connectivity index (χ1v) is 8.06. The quantitative estimate of drug-likeness (QED) is 0.859. The van der Waals surface area contributed by atoms with Crippen LogP contribution >= 0.6 is 0 Å². The van der Waals surface area contributed by atoms with E-state index >= 15 is 0 Å². The maximum absolute atomic E-state index is 12.1. The van der Waals surface area contributed by atoms with Crippen LogP contribution in [0.15, 0.2) is 24.4 Å². The average molecular weight is 305 g/mol. The Kier molecular flexibility index (Phi) is 5.27. The van der Waals surface area contributed by atoms with Gasteiger partial charge in [0.25, 0.3) is 0 Å². The highest BCUT2D eigenvalue weighted by Crippen LogP contribution is 2.22. The van der Waals surface area contributed by atoms with Gasteiger partial charge in [0.05, 0.1) is 0 Å². The lowest BCUT2D eigenvalue weighted by Crippen LogP contribution is -2.48. The van der Waals surface area contributed by atoms with Crippen LogP contribution in [0.1, 0.15) is 40.5 Å². The fourth-order valence-corrected chi connectivity index (χ4v) is 2.82. The van der Waals surface area contributed by atoms with Crippen molar-refractivity contribution in [3.05, 3.63) is 24.4 Å². The molecule has 0 spiro atoms. The second kappa shape index (κ2) is 6.99. The fourth-order valence-electron chi connectivity index (χ4n) is 2.82. The predicted molar refractivity (Wildman–Crippen MR) is 88.1 cm³/mol. The van der Waals surface area contributed by atoms with Gasteiger partial charge < -0.3 is 14.5 Å². The van der Waals surface area contributed by atoms with Crippen LogP contribution < -0.4 is 4.90 Å². The second-order valence-corrected chi connectivity index (χ2v) is 6.67. The third-order valence-electron chi connectivity index (χ3n) is 3.84. The molecule has 0 bridgehead atoms. The third kappa shape index (κ3) is 4.36. The van der Waals surface area contributed by atoms with Crippen LogP contribution in [-0.2, 0) is 4.74 Å². The van der Waals surface area contributed by atoms with E-state index in [1.165, 1.54) is 0 Å². The molecule has 0 atom stereocenters. The molecule has 1 amide bonds. The summed E-state index contributed by atoms with van der Waals surface area (Å²) >= 11 is 0. The molecule has 1 aliphatic heterocycles. The zero-order valence-electron chi connectivity index (χ0n) is 14.1. The Balaban J connectivity index is 1.92. The van der Waals surface area contributed by atoms with Gasteiger partial charge in [0.15, 0.2) is 0 Å². The number of hydrogen-bond donors (Lipinski definition) is 0. The molecular weight excluding hydrogens is 278 g/mol. The Labute approximate surface area is 133 Å². The maximum Gasteiger partial charge on any atom is 0.410 e. The van der Waals surface area contributed by atoms with Crippen molar-refractivity contribution in [3.63, 3.8) is 0 Å². The van der Waals surface area contributed by atoms with E-state index in [2.05, 4.69) is 16.8 Å². The standard InChI is InChI=1S/C17H27N3O2/c1-5-20(15-8-6-7-11-18-15)14-9-12-19(13-10-14)16(21)22-17(2,3)4/h6-8,11,14H,5,9-10,12-13H2,1-4H3. The maximum atomic E-state index is 12.1. The van der Waals surface area contributed by atoms with Crippen LogP contribution in [-0.4, -0.2) is 47.3 Å². The summed E-state index contributed by atoms with van der Waals surface area (Å²) in [6.07, 6.45) is 3.52. The van der Waals surface area contributed by atoms with Crippen LogP contribution in [0.25, 0.3) is 0 Å². The summed E-state index contributed by atoms with van der Waals surface area (Å²) in [5, 5.41) is 0. The number of anilines is 1. The van der Waals surface area contributed by atoms with Crippen molar-refractivity contribution < 1.29 is 9.53 Å². The molecule has 0 unspecified atom stereocenters. The lowest BCUT2D eigenvalue weighted by Gasteiger charge is -2.39. The average Bonchev–Trinajstić information content (AvgIpc) is 2.48. The van der Waals surface area contributed by atoms with Crippen LogP contribution in [0.3, 0.4) is 0 Å². The van der Waals surface area contributed by atoms with Gasteiger partial charge in [-0.3, -0.25) is 0 Å². The van der Waals surface area contributed by atoms with E-state index in [9.17, 15) is 4.79 Å². The number of rotatable bonds is 3. The minimum Gasteiger partial charge on any atom is -0.444 e. The number of amides is 1. The number of likely N-dealkylation sites (tertiary alicyclic amines) is 1. The lowest BCUT2D eigenvalue weighted by atomic mass is 10.0. The molecule has 122 valence electrons. The summed E-state index contributed by atoms with van der Waals surface area (Å²) < 4.78 is 5.44. The van der Waals surface area contributed by atoms with E-state index in [1.54, 1.807) is 0 Å². The minimum atomic E-state index is -0.433. The Bertz CT molecular complexity index is 476. The van der Waals surface area contributed by atoms with Crippen LogP contribution in [0.4, 0.5) is 10.6 Å². The van der Waals surface area contributed by atoms with Crippen molar-refractivity contribution >= 4 is 11.9 Å². The van der Waals surface area contributed by atoms with E-state index in [-0.39, 0.29) is 6.09 Å². The van der Waals surface area contributed by atoms with Gasteiger partial charge >= 0.3 is 6.09 Å². The highest BCUT2D eigenvalue weighted by Gasteiger charge is 2.29. The van der Waals surface area contributed by atoms with Crippen molar-refractivity contribution in [1.82, 2.24) is 9.88 Å². The van der Waals surface area contributed by atoms with E-state index in [1.807, 2.05) is 50.1 Å². The molecule has 0 aromatic carbocycles. The Morgan fingerprint density at radius 2 is 2.05 bits per heavy atom. The first-order valence-electron chi connectivity index (χ1n) is 8.06. The smallest absolute Gasteiger partial charge is 0.410 e. The van der Waals surface area contributed by atoms with Gasteiger partial charge in [-0.15, -0.1) is 0 Å². The molecule has 5 heteroatoms. The Morgan fingerprint density at radius 1 is 1.36 bits per heavy atom. The van der Waals surface area contributed by atoms with Crippen molar-refractivity contribution in [1.29, 1.82) is 0 Å². The molecule has 1 aromatic rings. The number of ether oxygens (including phenoxy) is 1. The fraction of sp³-hybridized carbons (Fsp3) is 0.647. The summed E-state index contributed by atoms with van der Waals surface area (Å²) in [5.74, 6) is 1.01. The number of pyridine rings is 1. The summed E-state index contributed by atoms with van der Waals surface area (Å²) in [6.45, 7) is 10.3. The predicted octanol–water partition coefficient (Wildman–Crippen LogP) is 3.31. The van der Waals surface area contributed by atoms with Crippen LogP contribution in [0.5, 0.6) is 0 Å². The molecule has 22 heavy (non-hydrogen) atoms. The minimum absolute atomic E-state index is 0.202. The lowest BCUT2D eigenvalue weighted by molar-refractivity contribution is 0.0205. The van der Waals surface area contributed by atoms with E-state index in [4.69, 9.17) is 4.74 Å². The molecule has 0 radical (unpaired) electrons. The molecule has 1 aliphatic rings. The van der Waals surface area contributed by atoms with E-state index < -0.39 is 5.60 Å². The number of carbonyl (C=O) groups is 1. The van der Waals surface area contributed by atoms with E-state index in [0.29, 0.717) is 6.04 Å². The number of hydrogen-bond acceptors (Lipinski definition) is 4. The number of carbonyl (C=O) groups excluding carboxylic acids is 1. The van der Waals surface area contributed by atoms with Gasteiger partial charge in [0.2, 0.25) is 0 Å². The van der Waals surface area contributed by atoms with Crippen LogP contribution in [0, 0.1) is 0 Å². The molecule has 0 aliphatic carbocycles. The summed E-state index contributed by atoms with van der Waals surface area (Å²) in [6, 6.07) is 6.42. The summed E-state index contributed by atoms with van der Waals surface area (Å²) in [5.41, 5.74) is -0.433. The third-order valence-corrected chi connectivity index (χ3v) is 3.84. The SMILES string of the molecule is CCN(c1ccccn1)C1CCN(C(=O)OC(C)(C)C)CC1.